The summed E-state index contributed by atoms with van der Waals surface area (Å²) in [6, 6.07) is 0. The van der Waals surface area contributed by atoms with E-state index in [9.17, 15) is 0 Å². The minimum absolute atomic E-state index is 0.658. The zero-order valence-corrected chi connectivity index (χ0v) is 11.9. The fourth-order valence-corrected chi connectivity index (χ4v) is 1.54. The number of aliphatic imine (C=N–C) groups is 1. The molecular formula is C13H25N5. The van der Waals surface area contributed by atoms with Crippen molar-refractivity contribution in [3.8, 4) is 0 Å². The normalized spacial score (nSPS) is 11.9. The number of rotatable bonds is 6. The van der Waals surface area contributed by atoms with Gasteiger partial charge in [-0.15, -0.1) is 0 Å². The minimum Gasteiger partial charge on any atom is -0.357 e. The topological polar surface area (TPSA) is 54.2 Å². The summed E-state index contributed by atoms with van der Waals surface area (Å²) in [6.45, 7) is 9.01. The van der Waals surface area contributed by atoms with E-state index in [4.69, 9.17) is 0 Å². The van der Waals surface area contributed by atoms with E-state index in [0.717, 1.165) is 31.0 Å². The first-order valence-electron chi connectivity index (χ1n) is 6.61. The number of guanidine groups is 1. The van der Waals surface area contributed by atoms with Crippen molar-refractivity contribution in [2.45, 2.75) is 33.7 Å². The van der Waals surface area contributed by atoms with Gasteiger partial charge in [0.1, 0.15) is 0 Å². The molecule has 1 aromatic heterocycles. The first-order valence-corrected chi connectivity index (χ1v) is 6.61. The lowest BCUT2D eigenvalue weighted by Gasteiger charge is -2.12. The van der Waals surface area contributed by atoms with Crippen molar-refractivity contribution in [3.63, 3.8) is 0 Å². The number of hydrogen-bond donors (Lipinski definition) is 2. The average molecular weight is 251 g/mol. The number of aryl methyl sites for hydroxylation is 1. The van der Waals surface area contributed by atoms with Crippen molar-refractivity contribution in [1.29, 1.82) is 0 Å². The maximum absolute atomic E-state index is 4.53. The molecule has 1 rings (SSSR count). The first-order chi connectivity index (χ1) is 8.61. The van der Waals surface area contributed by atoms with E-state index in [0.29, 0.717) is 12.5 Å². The molecule has 0 fully saturated rings. The second-order valence-corrected chi connectivity index (χ2v) is 4.83. The van der Waals surface area contributed by atoms with Crippen molar-refractivity contribution in [2.24, 2.45) is 18.0 Å². The number of nitrogens with one attached hydrogen (secondary N) is 2. The third-order valence-electron chi connectivity index (χ3n) is 2.54. The summed E-state index contributed by atoms with van der Waals surface area (Å²) in [4.78, 5) is 4.53. The molecule has 1 aromatic rings. The monoisotopic (exact) mass is 251 g/mol. The van der Waals surface area contributed by atoms with Crippen LogP contribution in [0.15, 0.2) is 17.4 Å². The van der Waals surface area contributed by atoms with Crippen molar-refractivity contribution >= 4 is 5.96 Å². The van der Waals surface area contributed by atoms with Gasteiger partial charge in [0.25, 0.3) is 0 Å². The molecule has 0 atom stereocenters. The Bertz CT molecular complexity index is 367. The van der Waals surface area contributed by atoms with Gasteiger partial charge in [-0.25, -0.2) is 4.99 Å². The molecule has 0 aliphatic carbocycles. The van der Waals surface area contributed by atoms with Gasteiger partial charge in [-0.05, 0) is 19.3 Å². The van der Waals surface area contributed by atoms with Crippen LogP contribution in [0.5, 0.6) is 0 Å². The molecule has 102 valence electrons. The van der Waals surface area contributed by atoms with Crippen LogP contribution in [-0.4, -0.2) is 28.8 Å². The third-order valence-corrected chi connectivity index (χ3v) is 2.54. The highest BCUT2D eigenvalue weighted by Crippen LogP contribution is 1.99. The van der Waals surface area contributed by atoms with Gasteiger partial charge in [-0.3, -0.25) is 4.68 Å². The Hall–Kier alpha value is -1.52. The highest BCUT2D eigenvalue weighted by molar-refractivity contribution is 5.79. The third kappa shape index (κ3) is 5.70. The van der Waals surface area contributed by atoms with E-state index in [1.165, 1.54) is 0 Å². The Morgan fingerprint density at radius 2 is 2.22 bits per heavy atom. The largest absolute Gasteiger partial charge is 0.357 e. The van der Waals surface area contributed by atoms with Crippen LogP contribution >= 0.6 is 0 Å². The minimum atomic E-state index is 0.658. The van der Waals surface area contributed by atoms with Gasteiger partial charge < -0.3 is 10.6 Å². The van der Waals surface area contributed by atoms with Crippen LogP contribution in [0.1, 0.15) is 32.8 Å². The molecule has 5 heteroatoms. The molecule has 0 saturated heterocycles. The van der Waals surface area contributed by atoms with E-state index in [1.807, 2.05) is 19.4 Å². The van der Waals surface area contributed by atoms with Gasteiger partial charge >= 0.3 is 0 Å². The van der Waals surface area contributed by atoms with Crippen LogP contribution in [0.25, 0.3) is 0 Å². The second-order valence-electron chi connectivity index (χ2n) is 4.83. The molecule has 1 heterocycles. The first kappa shape index (κ1) is 14.5. The van der Waals surface area contributed by atoms with Gasteiger partial charge in [0.15, 0.2) is 5.96 Å². The van der Waals surface area contributed by atoms with E-state index in [2.05, 4.69) is 41.5 Å². The summed E-state index contributed by atoms with van der Waals surface area (Å²) in [5, 5.41) is 10.7. The quantitative estimate of drug-likeness (QED) is 0.595. The predicted octanol–water partition coefficient (Wildman–Crippen LogP) is 1.52. The van der Waals surface area contributed by atoms with Crippen LogP contribution in [-0.2, 0) is 13.6 Å². The maximum Gasteiger partial charge on any atom is 0.191 e. The van der Waals surface area contributed by atoms with Crippen LogP contribution in [0.3, 0.4) is 0 Å². The van der Waals surface area contributed by atoms with Crippen LogP contribution in [0.2, 0.25) is 0 Å². The highest BCUT2D eigenvalue weighted by atomic mass is 15.2. The van der Waals surface area contributed by atoms with E-state index >= 15 is 0 Å². The van der Waals surface area contributed by atoms with E-state index in [1.54, 1.807) is 4.68 Å². The lowest BCUT2D eigenvalue weighted by Crippen LogP contribution is -2.38. The Balaban J connectivity index is 2.44. The van der Waals surface area contributed by atoms with E-state index < -0.39 is 0 Å². The lowest BCUT2D eigenvalue weighted by atomic mass is 10.1. The molecule has 0 amide bonds. The molecule has 0 radical (unpaired) electrons. The molecule has 0 aromatic carbocycles. The Morgan fingerprint density at radius 3 is 2.78 bits per heavy atom. The number of nitrogens with zero attached hydrogens (tertiary/aromatic N) is 3. The van der Waals surface area contributed by atoms with Crippen molar-refractivity contribution in [1.82, 2.24) is 20.4 Å². The summed E-state index contributed by atoms with van der Waals surface area (Å²) < 4.78 is 1.80. The fraction of sp³-hybridized carbons (Fsp3) is 0.692. The summed E-state index contributed by atoms with van der Waals surface area (Å²) in [5.41, 5.74) is 1.12. The fourth-order valence-electron chi connectivity index (χ4n) is 1.54. The molecular weight excluding hydrogens is 226 g/mol. The standard InChI is InChI=1S/C13H25N5/c1-5-14-13(15-7-6-11(2)3)16-8-12-9-17-18(4)10-12/h9-11H,5-8H2,1-4H3,(H2,14,15,16). The lowest BCUT2D eigenvalue weighted by molar-refractivity contribution is 0.573. The summed E-state index contributed by atoms with van der Waals surface area (Å²) in [5.74, 6) is 1.58. The molecule has 0 unspecified atom stereocenters. The number of hydrogen-bond acceptors (Lipinski definition) is 2. The second kappa shape index (κ2) is 7.74. The van der Waals surface area contributed by atoms with Crippen LogP contribution in [0.4, 0.5) is 0 Å². The highest BCUT2D eigenvalue weighted by Gasteiger charge is 1.99. The molecule has 0 aliphatic heterocycles. The Kier molecular flexibility index (Phi) is 6.25. The Morgan fingerprint density at radius 1 is 1.44 bits per heavy atom. The van der Waals surface area contributed by atoms with Crippen LogP contribution in [0, 0.1) is 5.92 Å². The zero-order valence-electron chi connectivity index (χ0n) is 11.9. The SMILES string of the molecule is CCNC(=NCc1cnn(C)c1)NCCC(C)C. The molecule has 18 heavy (non-hydrogen) atoms. The van der Waals surface area contributed by atoms with E-state index in [-0.39, 0.29) is 0 Å². The molecule has 0 bridgehead atoms. The smallest absolute Gasteiger partial charge is 0.191 e. The molecule has 2 N–H and O–H groups in total. The van der Waals surface area contributed by atoms with Crippen molar-refractivity contribution in [3.05, 3.63) is 18.0 Å². The van der Waals surface area contributed by atoms with Gasteiger partial charge in [-0.1, -0.05) is 13.8 Å². The van der Waals surface area contributed by atoms with Gasteiger partial charge in [0.05, 0.1) is 12.7 Å². The molecule has 0 saturated carbocycles. The van der Waals surface area contributed by atoms with Gasteiger partial charge in [-0.2, -0.15) is 5.10 Å². The Labute approximate surface area is 110 Å². The van der Waals surface area contributed by atoms with Gasteiger partial charge in [0.2, 0.25) is 0 Å². The number of aromatic nitrogens is 2. The molecule has 0 spiro atoms. The average Bonchev–Trinajstić information content (AvgIpc) is 2.71. The van der Waals surface area contributed by atoms with Crippen molar-refractivity contribution < 1.29 is 0 Å². The molecule has 5 nitrogen and oxygen atoms in total. The summed E-state index contributed by atoms with van der Waals surface area (Å²) in [6.07, 6.45) is 4.99. The zero-order chi connectivity index (χ0) is 13.4. The summed E-state index contributed by atoms with van der Waals surface area (Å²) in [7, 11) is 1.92. The predicted molar refractivity (Wildman–Crippen MR) is 75.5 cm³/mol. The maximum atomic E-state index is 4.53. The molecule has 0 aliphatic rings. The van der Waals surface area contributed by atoms with Crippen LogP contribution < -0.4 is 10.6 Å². The summed E-state index contributed by atoms with van der Waals surface area (Å²) >= 11 is 0. The van der Waals surface area contributed by atoms with Gasteiger partial charge in [0, 0.05) is 31.9 Å². The van der Waals surface area contributed by atoms with Crippen molar-refractivity contribution in [2.75, 3.05) is 13.1 Å².